The van der Waals surface area contributed by atoms with Crippen molar-refractivity contribution in [1.29, 1.82) is 0 Å². The topological polar surface area (TPSA) is 60.3 Å². The number of ether oxygens (including phenoxy) is 1. The molecule has 128 valence electrons. The molecule has 1 unspecified atom stereocenters. The van der Waals surface area contributed by atoms with Gasteiger partial charge in [-0.05, 0) is 39.3 Å². The highest BCUT2D eigenvalue weighted by molar-refractivity contribution is 5.92. The smallest absolute Gasteiger partial charge is 0.340 e. The van der Waals surface area contributed by atoms with Crippen LogP contribution in [0.4, 0.5) is 0 Å². The number of benzene rings is 1. The van der Waals surface area contributed by atoms with Gasteiger partial charge in [-0.1, -0.05) is 30.3 Å². The second kappa shape index (κ2) is 7.81. The van der Waals surface area contributed by atoms with E-state index in [9.17, 15) is 9.59 Å². The van der Waals surface area contributed by atoms with Crippen molar-refractivity contribution in [2.45, 2.75) is 40.3 Å². The van der Waals surface area contributed by atoms with E-state index in [1.807, 2.05) is 62.6 Å². The van der Waals surface area contributed by atoms with Gasteiger partial charge >= 0.3 is 5.97 Å². The van der Waals surface area contributed by atoms with E-state index in [1.54, 1.807) is 6.07 Å². The lowest BCUT2D eigenvalue weighted by molar-refractivity contribution is -0.124. The fourth-order valence-corrected chi connectivity index (χ4v) is 2.81. The van der Waals surface area contributed by atoms with Crippen LogP contribution in [0.25, 0.3) is 0 Å². The highest BCUT2D eigenvalue weighted by atomic mass is 16.5. The van der Waals surface area contributed by atoms with E-state index in [0.717, 1.165) is 23.5 Å². The van der Waals surface area contributed by atoms with E-state index < -0.39 is 5.97 Å². The van der Waals surface area contributed by atoms with Crippen molar-refractivity contribution in [1.82, 2.24) is 9.88 Å². The second-order valence-corrected chi connectivity index (χ2v) is 5.81. The molecule has 24 heavy (non-hydrogen) atoms. The minimum atomic E-state index is -0.467. The van der Waals surface area contributed by atoms with Gasteiger partial charge in [-0.2, -0.15) is 0 Å². The van der Waals surface area contributed by atoms with Gasteiger partial charge in [0, 0.05) is 17.9 Å². The van der Waals surface area contributed by atoms with E-state index in [4.69, 9.17) is 4.74 Å². The Labute approximate surface area is 142 Å². The maximum Gasteiger partial charge on any atom is 0.340 e. The Bertz CT molecular complexity index is 720. The molecule has 0 saturated carbocycles. The third kappa shape index (κ3) is 4.04. The van der Waals surface area contributed by atoms with Crippen LogP contribution in [0.2, 0.25) is 0 Å². The van der Waals surface area contributed by atoms with Crippen LogP contribution >= 0.6 is 0 Å². The molecule has 1 amide bonds. The Kier molecular flexibility index (Phi) is 5.79. The Balaban J connectivity index is 1.91. The van der Waals surface area contributed by atoms with E-state index in [-0.39, 0.29) is 18.6 Å². The normalized spacial score (nSPS) is 11.8. The first-order chi connectivity index (χ1) is 11.4. The zero-order valence-electron chi connectivity index (χ0n) is 14.6. The summed E-state index contributed by atoms with van der Waals surface area (Å²) in [7, 11) is 0. The predicted molar refractivity (Wildman–Crippen MR) is 92.9 cm³/mol. The van der Waals surface area contributed by atoms with Crippen molar-refractivity contribution < 1.29 is 14.3 Å². The molecular formula is C19H24N2O3. The zero-order chi connectivity index (χ0) is 17.7. The van der Waals surface area contributed by atoms with Crippen molar-refractivity contribution in [3.8, 4) is 0 Å². The maximum atomic E-state index is 12.2. The molecule has 0 bridgehead atoms. The molecule has 2 aromatic rings. The molecule has 0 fully saturated rings. The number of carbonyl (C=O) groups is 2. The minimum Gasteiger partial charge on any atom is -0.452 e. The molecule has 1 aromatic carbocycles. The summed E-state index contributed by atoms with van der Waals surface area (Å²) < 4.78 is 7.19. The molecule has 0 spiro atoms. The average molecular weight is 328 g/mol. The number of aromatic nitrogens is 1. The van der Waals surface area contributed by atoms with Crippen LogP contribution in [0, 0.1) is 13.8 Å². The molecule has 1 N–H and O–H groups in total. The summed E-state index contributed by atoms with van der Waals surface area (Å²) in [5.41, 5.74) is 3.38. The molecular weight excluding hydrogens is 304 g/mol. The Morgan fingerprint density at radius 2 is 1.88 bits per heavy atom. The molecule has 0 radical (unpaired) electrons. The third-order valence-corrected chi connectivity index (χ3v) is 4.12. The van der Waals surface area contributed by atoms with Crippen molar-refractivity contribution in [3.05, 3.63) is 58.9 Å². The Morgan fingerprint density at radius 1 is 1.21 bits per heavy atom. The molecule has 0 aliphatic rings. The van der Waals surface area contributed by atoms with Gasteiger partial charge in [-0.15, -0.1) is 0 Å². The maximum absolute atomic E-state index is 12.2. The summed E-state index contributed by atoms with van der Waals surface area (Å²) in [4.78, 5) is 24.2. The summed E-state index contributed by atoms with van der Waals surface area (Å²) in [5.74, 6) is -0.783. The van der Waals surface area contributed by atoms with Gasteiger partial charge in [-0.25, -0.2) is 4.79 Å². The van der Waals surface area contributed by atoms with E-state index >= 15 is 0 Å². The number of hydrogen-bond acceptors (Lipinski definition) is 3. The van der Waals surface area contributed by atoms with Gasteiger partial charge in [0.1, 0.15) is 0 Å². The highest BCUT2D eigenvalue weighted by Gasteiger charge is 2.18. The lowest BCUT2D eigenvalue weighted by Gasteiger charge is -2.14. The molecule has 1 heterocycles. The number of aryl methyl sites for hydroxylation is 1. The number of hydrogen-bond donors (Lipinski definition) is 1. The number of nitrogens with zero attached hydrogens (tertiary/aromatic N) is 1. The number of rotatable bonds is 6. The molecule has 2 rings (SSSR count). The van der Waals surface area contributed by atoms with E-state index in [0.29, 0.717) is 5.56 Å². The van der Waals surface area contributed by atoms with Crippen LogP contribution in [-0.2, 0) is 16.1 Å². The molecule has 5 nitrogen and oxygen atoms in total. The summed E-state index contributed by atoms with van der Waals surface area (Å²) in [5, 5.41) is 2.82. The van der Waals surface area contributed by atoms with Crippen LogP contribution in [0.5, 0.6) is 0 Å². The lowest BCUT2D eigenvalue weighted by Crippen LogP contribution is -2.31. The van der Waals surface area contributed by atoms with Crippen LogP contribution in [-0.4, -0.2) is 23.1 Å². The molecule has 0 aliphatic heterocycles. The summed E-state index contributed by atoms with van der Waals surface area (Å²) >= 11 is 0. The standard InChI is InChI=1S/C19H24N2O3/c1-5-21-13(2)11-17(15(21)4)19(23)24-12-18(22)20-14(3)16-9-7-6-8-10-16/h6-11,14H,5,12H2,1-4H3,(H,20,22). The van der Waals surface area contributed by atoms with Gasteiger partial charge in [0.25, 0.3) is 5.91 Å². The number of nitrogens with one attached hydrogen (secondary N) is 1. The number of esters is 1. The number of amides is 1. The summed E-state index contributed by atoms with van der Waals surface area (Å²) in [6.45, 7) is 8.25. The first-order valence-electron chi connectivity index (χ1n) is 8.12. The van der Waals surface area contributed by atoms with Crippen molar-refractivity contribution in [2.24, 2.45) is 0 Å². The van der Waals surface area contributed by atoms with Crippen LogP contribution in [0.15, 0.2) is 36.4 Å². The highest BCUT2D eigenvalue weighted by Crippen LogP contribution is 2.16. The van der Waals surface area contributed by atoms with Gasteiger partial charge < -0.3 is 14.6 Å². The van der Waals surface area contributed by atoms with E-state index in [1.165, 1.54) is 0 Å². The van der Waals surface area contributed by atoms with Crippen LogP contribution in [0.1, 0.15) is 47.2 Å². The predicted octanol–water partition coefficient (Wildman–Crippen LogP) is 3.16. The van der Waals surface area contributed by atoms with Gasteiger partial charge in [0.05, 0.1) is 11.6 Å². The first-order valence-corrected chi connectivity index (χ1v) is 8.12. The zero-order valence-corrected chi connectivity index (χ0v) is 14.6. The number of carbonyl (C=O) groups excluding carboxylic acids is 2. The Morgan fingerprint density at radius 3 is 2.46 bits per heavy atom. The molecule has 1 atom stereocenters. The van der Waals surface area contributed by atoms with Gasteiger partial charge in [0.2, 0.25) is 0 Å². The van der Waals surface area contributed by atoms with Crippen molar-refractivity contribution in [3.63, 3.8) is 0 Å². The first kappa shape index (κ1) is 17.8. The van der Waals surface area contributed by atoms with Gasteiger partial charge in [-0.3, -0.25) is 4.79 Å². The summed E-state index contributed by atoms with van der Waals surface area (Å²) in [6.07, 6.45) is 0. The van der Waals surface area contributed by atoms with Crippen molar-refractivity contribution >= 4 is 11.9 Å². The van der Waals surface area contributed by atoms with Crippen LogP contribution in [0.3, 0.4) is 0 Å². The molecule has 5 heteroatoms. The molecule has 0 saturated heterocycles. The van der Waals surface area contributed by atoms with E-state index in [2.05, 4.69) is 5.32 Å². The monoisotopic (exact) mass is 328 g/mol. The second-order valence-electron chi connectivity index (χ2n) is 5.81. The largest absolute Gasteiger partial charge is 0.452 e. The van der Waals surface area contributed by atoms with Crippen LogP contribution < -0.4 is 5.32 Å². The van der Waals surface area contributed by atoms with Crippen molar-refractivity contribution in [2.75, 3.05) is 6.61 Å². The fraction of sp³-hybridized carbons (Fsp3) is 0.368. The van der Waals surface area contributed by atoms with Gasteiger partial charge in [0.15, 0.2) is 6.61 Å². The average Bonchev–Trinajstić information content (AvgIpc) is 2.87. The summed E-state index contributed by atoms with van der Waals surface area (Å²) in [6, 6.07) is 11.3. The lowest BCUT2D eigenvalue weighted by atomic mass is 10.1. The third-order valence-electron chi connectivity index (χ3n) is 4.12. The fourth-order valence-electron chi connectivity index (χ4n) is 2.81. The molecule has 1 aromatic heterocycles. The Hall–Kier alpha value is -2.56. The minimum absolute atomic E-state index is 0.137. The quantitative estimate of drug-likeness (QED) is 0.829. The SMILES string of the molecule is CCn1c(C)cc(C(=O)OCC(=O)NC(C)c2ccccc2)c1C. The molecule has 0 aliphatic carbocycles.